The molecule has 17 heavy (non-hydrogen) atoms. The summed E-state index contributed by atoms with van der Waals surface area (Å²) >= 11 is 0. The van der Waals surface area contributed by atoms with Gasteiger partial charge in [0.1, 0.15) is 0 Å². The van der Waals surface area contributed by atoms with Crippen LogP contribution in [0.3, 0.4) is 0 Å². The molecule has 4 heteroatoms. The van der Waals surface area contributed by atoms with E-state index in [4.69, 9.17) is 4.74 Å². The quantitative estimate of drug-likeness (QED) is 0.877. The van der Waals surface area contributed by atoms with E-state index in [2.05, 4.69) is 5.32 Å². The molecule has 0 aliphatic heterocycles. The fourth-order valence-electron chi connectivity index (χ4n) is 1.26. The van der Waals surface area contributed by atoms with E-state index in [9.17, 15) is 9.18 Å². The van der Waals surface area contributed by atoms with Crippen molar-refractivity contribution >= 4 is 5.91 Å². The van der Waals surface area contributed by atoms with Crippen molar-refractivity contribution in [1.29, 1.82) is 0 Å². The van der Waals surface area contributed by atoms with Crippen molar-refractivity contribution in [1.82, 2.24) is 5.32 Å². The maximum atomic E-state index is 13.4. The van der Waals surface area contributed by atoms with Crippen LogP contribution in [0, 0.1) is 11.7 Å². The van der Waals surface area contributed by atoms with E-state index in [0.29, 0.717) is 11.5 Å². The molecule has 1 N–H and O–H groups in total. The van der Waals surface area contributed by atoms with Gasteiger partial charge in [0, 0.05) is 11.6 Å². The first-order valence-electron chi connectivity index (χ1n) is 5.60. The largest absolute Gasteiger partial charge is 0.494 e. The summed E-state index contributed by atoms with van der Waals surface area (Å²) in [5, 5.41) is 2.81. The van der Waals surface area contributed by atoms with E-state index in [1.54, 1.807) is 6.07 Å². The standard InChI is InChI=1S/C13H18FNO2/c1-8(2)9(3)15-13(16)10-5-6-12(17-4)11(14)7-10/h5-9H,1-4H3,(H,15,16). The summed E-state index contributed by atoms with van der Waals surface area (Å²) in [6, 6.07) is 4.23. The molecule has 0 bridgehead atoms. The van der Waals surface area contributed by atoms with Crippen LogP contribution in [0.5, 0.6) is 5.75 Å². The number of rotatable bonds is 4. The van der Waals surface area contributed by atoms with Gasteiger partial charge < -0.3 is 10.1 Å². The molecule has 0 heterocycles. The molecule has 0 spiro atoms. The Morgan fingerprint density at radius 3 is 2.47 bits per heavy atom. The molecule has 1 rings (SSSR count). The van der Waals surface area contributed by atoms with E-state index in [1.807, 2.05) is 20.8 Å². The number of nitrogens with one attached hydrogen (secondary N) is 1. The van der Waals surface area contributed by atoms with Crippen LogP contribution in [0.1, 0.15) is 31.1 Å². The summed E-state index contributed by atoms with van der Waals surface area (Å²) in [5.74, 6) is -0.328. The normalized spacial score (nSPS) is 12.4. The molecule has 1 aromatic carbocycles. The predicted octanol–water partition coefficient (Wildman–Crippen LogP) is 2.61. The summed E-state index contributed by atoms with van der Waals surface area (Å²) in [6.45, 7) is 5.95. The molecule has 0 aliphatic carbocycles. The molecule has 0 aliphatic rings. The Balaban J connectivity index is 2.80. The highest BCUT2D eigenvalue weighted by Gasteiger charge is 2.14. The van der Waals surface area contributed by atoms with Crippen LogP contribution < -0.4 is 10.1 Å². The van der Waals surface area contributed by atoms with Crippen LogP contribution in [0.2, 0.25) is 0 Å². The van der Waals surface area contributed by atoms with Crippen LogP contribution in [0.25, 0.3) is 0 Å². The number of hydrogen-bond donors (Lipinski definition) is 1. The predicted molar refractivity (Wildman–Crippen MR) is 64.7 cm³/mol. The fraction of sp³-hybridized carbons (Fsp3) is 0.462. The zero-order chi connectivity index (χ0) is 13.0. The molecule has 0 saturated carbocycles. The molecule has 0 saturated heterocycles. The van der Waals surface area contributed by atoms with Crippen molar-refractivity contribution in [3.8, 4) is 5.75 Å². The second kappa shape index (κ2) is 5.66. The van der Waals surface area contributed by atoms with Gasteiger partial charge in [-0.2, -0.15) is 0 Å². The first-order chi connectivity index (χ1) is 7.95. The first kappa shape index (κ1) is 13.5. The highest BCUT2D eigenvalue weighted by molar-refractivity contribution is 5.94. The van der Waals surface area contributed by atoms with Crippen molar-refractivity contribution in [3.05, 3.63) is 29.6 Å². The average Bonchev–Trinajstić information content (AvgIpc) is 2.28. The smallest absolute Gasteiger partial charge is 0.251 e. The van der Waals surface area contributed by atoms with Gasteiger partial charge in [-0.25, -0.2) is 4.39 Å². The number of methoxy groups -OCH3 is 1. The fourth-order valence-corrected chi connectivity index (χ4v) is 1.26. The molecule has 1 unspecified atom stereocenters. The van der Waals surface area contributed by atoms with Crippen molar-refractivity contribution in [2.45, 2.75) is 26.8 Å². The highest BCUT2D eigenvalue weighted by atomic mass is 19.1. The third-order valence-electron chi connectivity index (χ3n) is 2.77. The Morgan fingerprint density at radius 2 is 2.00 bits per heavy atom. The lowest BCUT2D eigenvalue weighted by Gasteiger charge is -2.17. The van der Waals surface area contributed by atoms with Crippen LogP contribution >= 0.6 is 0 Å². The molecule has 1 amide bonds. The molecule has 94 valence electrons. The number of halogens is 1. The summed E-state index contributed by atoms with van der Waals surface area (Å²) in [6.07, 6.45) is 0. The molecule has 0 fully saturated rings. The minimum Gasteiger partial charge on any atom is -0.494 e. The summed E-state index contributed by atoms with van der Waals surface area (Å²) in [4.78, 5) is 11.8. The van der Waals surface area contributed by atoms with Crippen molar-refractivity contribution in [3.63, 3.8) is 0 Å². The van der Waals surface area contributed by atoms with E-state index in [0.717, 1.165) is 0 Å². The minimum atomic E-state index is -0.530. The SMILES string of the molecule is COc1ccc(C(=O)NC(C)C(C)C)cc1F. The second-order valence-electron chi connectivity index (χ2n) is 4.36. The second-order valence-corrected chi connectivity index (χ2v) is 4.36. The van der Waals surface area contributed by atoms with Crippen LogP contribution in [-0.2, 0) is 0 Å². The molecular formula is C13H18FNO2. The number of amides is 1. The third kappa shape index (κ3) is 3.44. The Kier molecular flexibility index (Phi) is 4.49. The zero-order valence-corrected chi connectivity index (χ0v) is 10.6. The van der Waals surface area contributed by atoms with E-state index < -0.39 is 5.82 Å². The third-order valence-corrected chi connectivity index (χ3v) is 2.77. The zero-order valence-electron chi connectivity index (χ0n) is 10.6. The maximum Gasteiger partial charge on any atom is 0.251 e. The summed E-state index contributed by atoms with van der Waals surface area (Å²) < 4.78 is 18.2. The highest BCUT2D eigenvalue weighted by Crippen LogP contribution is 2.17. The van der Waals surface area contributed by atoms with Gasteiger partial charge in [-0.05, 0) is 31.0 Å². The Morgan fingerprint density at radius 1 is 1.35 bits per heavy atom. The lowest BCUT2D eigenvalue weighted by atomic mass is 10.1. The van der Waals surface area contributed by atoms with Gasteiger partial charge in [-0.3, -0.25) is 4.79 Å². The number of benzene rings is 1. The van der Waals surface area contributed by atoms with Crippen molar-refractivity contribution < 1.29 is 13.9 Å². The molecule has 3 nitrogen and oxygen atoms in total. The van der Waals surface area contributed by atoms with Gasteiger partial charge in [-0.15, -0.1) is 0 Å². The first-order valence-corrected chi connectivity index (χ1v) is 5.60. The minimum absolute atomic E-state index is 0.0488. The van der Waals surface area contributed by atoms with Gasteiger partial charge in [0.25, 0.3) is 5.91 Å². The maximum absolute atomic E-state index is 13.4. The van der Waals surface area contributed by atoms with Crippen LogP contribution in [0.4, 0.5) is 4.39 Å². The molecule has 1 atom stereocenters. The number of hydrogen-bond acceptors (Lipinski definition) is 2. The van der Waals surface area contributed by atoms with E-state index >= 15 is 0 Å². The number of carbonyl (C=O) groups is 1. The van der Waals surface area contributed by atoms with Gasteiger partial charge >= 0.3 is 0 Å². The Bertz CT molecular complexity index is 404. The van der Waals surface area contributed by atoms with E-state index in [1.165, 1.54) is 19.2 Å². The van der Waals surface area contributed by atoms with Gasteiger partial charge in [-0.1, -0.05) is 13.8 Å². The topological polar surface area (TPSA) is 38.3 Å². The number of ether oxygens (including phenoxy) is 1. The van der Waals surface area contributed by atoms with E-state index in [-0.39, 0.29) is 17.7 Å². The summed E-state index contributed by atoms with van der Waals surface area (Å²) in [5.41, 5.74) is 0.302. The Hall–Kier alpha value is -1.58. The molecule has 0 aromatic heterocycles. The van der Waals surface area contributed by atoms with Gasteiger partial charge in [0.15, 0.2) is 11.6 Å². The molecule has 1 aromatic rings. The van der Waals surface area contributed by atoms with Gasteiger partial charge in [0.2, 0.25) is 0 Å². The average molecular weight is 239 g/mol. The van der Waals surface area contributed by atoms with Crippen LogP contribution in [-0.4, -0.2) is 19.1 Å². The lowest BCUT2D eigenvalue weighted by molar-refractivity contribution is 0.0930. The van der Waals surface area contributed by atoms with Crippen molar-refractivity contribution in [2.75, 3.05) is 7.11 Å². The van der Waals surface area contributed by atoms with Gasteiger partial charge in [0.05, 0.1) is 7.11 Å². The monoisotopic (exact) mass is 239 g/mol. The molecule has 0 radical (unpaired) electrons. The number of carbonyl (C=O) groups excluding carboxylic acids is 1. The van der Waals surface area contributed by atoms with Crippen molar-refractivity contribution in [2.24, 2.45) is 5.92 Å². The van der Waals surface area contributed by atoms with Crippen LogP contribution in [0.15, 0.2) is 18.2 Å². The lowest BCUT2D eigenvalue weighted by Crippen LogP contribution is -2.36. The molecular weight excluding hydrogens is 221 g/mol. The summed E-state index contributed by atoms with van der Waals surface area (Å²) in [7, 11) is 1.39. The Labute approximate surface area is 101 Å².